The second kappa shape index (κ2) is 5.93. The number of nitrogens with zero attached hydrogens (tertiary/aromatic N) is 1. The SMILES string of the molecule is COC(=O)c1ccc(C=CCCO)nc1. The highest BCUT2D eigenvalue weighted by Crippen LogP contribution is 2.03. The van der Waals surface area contributed by atoms with E-state index in [2.05, 4.69) is 9.72 Å². The minimum absolute atomic E-state index is 0.122. The van der Waals surface area contributed by atoms with E-state index in [9.17, 15) is 4.79 Å². The normalized spacial score (nSPS) is 10.5. The zero-order chi connectivity index (χ0) is 11.1. The van der Waals surface area contributed by atoms with Gasteiger partial charge in [0, 0.05) is 12.8 Å². The van der Waals surface area contributed by atoms with Crippen molar-refractivity contribution in [3.8, 4) is 0 Å². The monoisotopic (exact) mass is 207 g/mol. The van der Waals surface area contributed by atoms with Crippen LogP contribution in [-0.4, -0.2) is 29.8 Å². The third kappa shape index (κ3) is 3.52. The molecule has 0 spiro atoms. The van der Waals surface area contributed by atoms with E-state index in [1.807, 2.05) is 6.08 Å². The van der Waals surface area contributed by atoms with E-state index in [1.54, 1.807) is 18.2 Å². The molecule has 1 aromatic heterocycles. The number of aliphatic hydroxyl groups is 1. The zero-order valence-electron chi connectivity index (χ0n) is 8.51. The van der Waals surface area contributed by atoms with Gasteiger partial charge in [-0.3, -0.25) is 4.98 Å². The first-order valence-corrected chi connectivity index (χ1v) is 4.59. The van der Waals surface area contributed by atoms with Crippen LogP contribution >= 0.6 is 0 Å². The number of aliphatic hydroxyl groups excluding tert-OH is 1. The number of ether oxygens (including phenoxy) is 1. The van der Waals surface area contributed by atoms with Crippen molar-refractivity contribution in [2.24, 2.45) is 0 Å². The second-order valence-corrected chi connectivity index (χ2v) is 2.88. The predicted molar refractivity (Wildman–Crippen MR) is 56.3 cm³/mol. The van der Waals surface area contributed by atoms with Crippen LogP contribution in [0.1, 0.15) is 22.5 Å². The summed E-state index contributed by atoms with van der Waals surface area (Å²) in [7, 11) is 1.33. The molecule has 15 heavy (non-hydrogen) atoms. The van der Waals surface area contributed by atoms with E-state index in [0.29, 0.717) is 12.0 Å². The number of methoxy groups -OCH3 is 1. The van der Waals surface area contributed by atoms with E-state index in [0.717, 1.165) is 5.69 Å². The Labute approximate surface area is 88.2 Å². The summed E-state index contributed by atoms with van der Waals surface area (Å²) < 4.78 is 4.54. The smallest absolute Gasteiger partial charge is 0.339 e. The average Bonchev–Trinajstić information content (AvgIpc) is 2.29. The number of pyridine rings is 1. The molecule has 4 heteroatoms. The van der Waals surface area contributed by atoms with Crippen molar-refractivity contribution in [1.82, 2.24) is 4.98 Å². The van der Waals surface area contributed by atoms with Crippen LogP contribution in [-0.2, 0) is 4.74 Å². The van der Waals surface area contributed by atoms with Crippen LogP contribution in [0.25, 0.3) is 6.08 Å². The fourth-order valence-electron chi connectivity index (χ4n) is 1.02. The topological polar surface area (TPSA) is 59.4 Å². The van der Waals surface area contributed by atoms with Crippen LogP contribution in [0, 0.1) is 0 Å². The summed E-state index contributed by atoms with van der Waals surface area (Å²) in [6.07, 6.45) is 5.67. The quantitative estimate of drug-likeness (QED) is 0.755. The molecule has 0 saturated carbocycles. The molecular weight excluding hydrogens is 194 g/mol. The Morgan fingerprint density at radius 1 is 1.60 bits per heavy atom. The standard InChI is InChI=1S/C11H13NO3/c1-15-11(14)9-5-6-10(12-8-9)4-2-3-7-13/h2,4-6,8,13H,3,7H2,1H3. The maximum absolute atomic E-state index is 11.1. The maximum atomic E-state index is 11.1. The Kier molecular flexibility index (Phi) is 4.50. The van der Waals surface area contributed by atoms with Crippen molar-refractivity contribution in [1.29, 1.82) is 0 Å². The first-order valence-electron chi connectivity index (χ1n) is 4.59. The van der Waals surface area contributed by atoms with Crippen molar-refractivity contribution >= 4 is 12.0 Å². The Morgan fingerprint density at radius 2 is 2.40 bits per heavy atom. The van der Waals surface area contributed by atoms with Crippen LogP contribution in [0.3, 0.4) is 0 Å². The number of esters is 1. The van der Waals surface area contributed by atoms with Crippen molar-refractivity contribution in [3.05, 3.63) is 35.7 Å². The number of aromatic nitrogens is 1. The molecular formula is C11H13NO3. The molecule has 0 amide bonds. The number of rotatable bonds is 4. The van der Waals surface area contributed by atoms with Gasteiger partial charge in [0.25, 0.3) is 0 Å². The van der Waals surface area contributed by atoms with Crippen molar-refractivity contribution < 1.29 is 14.6 Å². The Hall–Kier alpha value is -1.68. The summed E-state index contributed by atoms with van der Waals surface area (Å²) in [5.41, 5.74) is 1.17. The lowest BCUT2D eigenvalue weighted by Crippen LogP contribution is -2.01. The molecule has 0 radical (unpaired) electrons. The van der Waals surface area contributed by atoms with Crippen LogP contribution in [0.4, 0.5) is 0 Å². The van der Waals surface area contributed by atoms with Gasteiger partial charge in [0.2, 0.25) is 0 Å². The summed E-state index contributed by atoms with van der Waals surface area (Å²) in [6, 6.07) is 3.37. The van der Waals surface area contributed by atoms with Gasteiger partial charge in [-0.25, -0.2) is 4.79 Å². The molecule has 0 saturated heterocycles. The maximum Gasteiger partial charge on any atom is 0.339 e. The lowest BCUT2D eigenvalue weighted by molar-refractivity contribution is 0.0600. The largest absolute Gasteiger partial charge is 0.465 e. The van der Waals surface area contributed by atoms with Crippen LogP contribution < -0.4 is 0 Å². The molecule has 1 N–H and O–H groups in total. The molecule has 0 bridgehead atoms. The molecule has 4 nitrogen and oxygen atoms in total. The van der Waals surface area contributed by atoms with Gasteiger partial charge >= 0.3 is 5.97 Å². The van der Waals surface area contributed by atoms with Crippen LogP contribution in [0.2, 0.25) is 0 Å². The fourth-order valence-corrected chi connectivity index (χ4v) is 1.02. The molecule has 1 heterocycles. The van der Waals surface area contributed by atoms with E-state index >= 15 is 0 Å². The molecule has 0 aliphatic heterocycles. The molecule has 0 aliphatic carbocycles. The fraction of sp³-hybridized carbons (Fsp3) is 0.273. The minimum atomic E-state index is -0.395. The number of hydrogen-bond donors (Lipinski definition) is 1. The highest BCUT2D eigenvalue weighted by molar-refractivity contribution is 5.88. The summed E-state index contributed by atoms with van der Waals surface area (Å²) >= 11 is 0. The highest BCUT2D eigenvalue weighted by atomic mass is 16.5. The van der Waals surface area contributed by atoms with Gasteiger partial charge in [0.1, 0.15) is 0 Å². The van der Waals surface area contributed by atoms with E-state index in [4.69, 9.17) is 5.11 Å². The Bertz CT molecular complexity index is 343. The van der Waals surface area contributed by atoms with E-state index in [1.165, 1.54) is 13.3 Å². The van der Waals surface area contributed by atoms with Gasteiger partial charge in [-0.15, -0.1) is 0 Å². The Balaban J connectivity index is 2.68. The molecule has 0 aliphatic rings. The predicted octanol–water partition coefficient (Wildman–Crippen LogP) is 1.26. The Morgan fingerprint density at radius 3 is 2.93 bits per heavy atom. The van der Waals surface area contributed by atoms with Crippen LogP contribution in [0.15, 0.2) is 24.4 Å². The van der Waals surface area contributed by atoms with Crippen molar-refractivity contribution in [2.45, 2.75) is 6.42 Å². The molecule has 1 aromatic rings. The van der Waals surface area contributed by atoms with Crippen molar-refractivity contribution in [3.63, 3.8) is 0 Å². The summed E-state index contributed by atoms with van der Waals surface area (Å²) in [6.45, 7) is 0.122. The summed E-state index contributed by atoms with van der Waals surface area (Å²) in [4.78, 5) is 15.1. The lowest BCUT2D eigenvalue weighted by Gasteiger charge is -1.98. The molecule has 1 rings (SSSR count). The van der Waals surface area contributed by atoms with Gasteiger partial charge in [0.15, 0.2) is 0 Å². The highest BCUT2D eigenvalue weighted by Gasteiger charge is 2.03. The van der Waals surface area contributed by atoms with E-state index < -0.39 is 5.97 Å². The average molecular weight is 207 g/mol. The molecule has 0 atom stereocenters. The number of carbonyl (C=O) groups is 1. The molecule has 0 fully saturated rings. The number of hydrogen-bond acceptors (Lipinski definition) is 4. The summed E-state index contributed by atoms with van der Waals surface area (Å²) in [5, 5.41) is 8.56. The molecule has 0 unspecified atom stereocenters. The minimum Gasteiger partial charge on any atom is -0.465 e. The third-order valence-corrected chi connectivity index (χ3v) is 1.79. The lowest BCUT2D eigenvalue weighted by atomic mass is 10.2. The third-order valence-electron chi connectivity index (χ3n) is 1.79. The van der Waals surface area contributed by atoms with Gasteiger partial charge < -0.3 is 9.84 Å². The van der Waals surface area contributed by atoms with Gasteiger partial charge in [-0.2, -0.15) is 0 Å². The number of carbonyl (C=O) groups excluding carboxylic acids is 1. The van der Waals surface area contributed by atoms with Crippen molar-refractivity contribution in [2.75, 3.05) is 13.7 Å². The first-order chi connectivity index (χ1) is 7.27. The van der Waals surface area contributed by atoms with Gasteiger partial charge in [0.05, 0.1) is 18.4 Å². The molecule has 0 aromatic carbocycles. The van der Waals surface area contributed by atoms with E-state index in [-0.39, 0.29) is 6.61 Å². The van der Waals surface area contributed by atoms with Crippen LogP contribution in [0.5, 0.6) is 0 Å². The summed E-state index contributed by atoms with van der Waals surface area (Å²) in [5.74, 6) is -0.395. The van der Waals surface area contributed by atoms with Gasteiger partial charge in [-0.1, -0.05) is 6.08 Å². The molecule has 80 valence electrons. The second-order valence-electron chi connectivity index (χ2n) is 2.88. The zero-order valence-corrected chi connectivity index (χ0v) is 8.51. The van der Waals surface area contributed by atoms with Gasteiger partial charge in [-0.05, 0) is 24.6 Å². The first kappa shape index (κ1) is 11.4.